The zero-order valence-electron chi connectivity index (χ0n) is 10.6. The first-order valence-electron chi connectivity index (χ1n) is 6.59. The van der Waals surface area contributed by atoms with Gasteiger partial charge in [-0.25, -0.2) is 0 Å². The van der Waals surface area contributed by atoms with E-state index in [2.05, 4.69) is 10.6 Å². The van der Waals surface area contributed by atoms with Crippen LogP contribution >= 0.6 is 11.3 Å². The molecule has 3 rings (SSSR count). The van der Waals surface area contributed by atoms with Crippen molar-refractivity contribution in [1.82, 2.24) is 15.5 Å². The highest BCUT2D eigenvalue weighted by atomic mass is 32.1. The van der Waals surface area contributed by atoms with E-state index in [4.69, 9.17) is 0 Å². The smallest absolute Gasteiger partial charge is 0.248 e. The van der Waals surface area contributed by atoms with Crippen LogP contribution in [0.4, 0.5) is 0 Å². The van der Waals surface area contributed by atoms with Crippen LogP contribution in [0.1, 0.15) is 17.3 Å². The van der Waals surface area contributed by atoms with E-state index in [1.807, 2.05) is 17.5 Å². The normalized spacial score (nSPS) is 27.4. The molecule has 5 nitrogen and oxygen atoms in total. The van der Waals surface area contributed by atoms with E-state index in [1.54, 1.807) is 4.90 Å². The summed E-state index contributed by atoms with van der Waals surface area (Å²) >= 11 is 1.53. The van der Waals surface area contributed by atoms with Gasteiger partial charge in [0.2, 0.25) is 11.8 Å². The SMILES string of the molecule is O=C1NCCN(C(=O)C2CCNC2)C1c1cccs1. The van der Waals surface area contributed by atoms with Crippen LogP contribution in [0, 0.1) is 5.92 Å². The number of hydrogen-bond donors (Lipinski definition) is 2. The van der Waals surface area contributed by atoms with Gasteiger partial charge in [-0.1, -0.05) is 6.07 Å². The predicted octanol–water partition coefficient (Wildman–Crippen LogP) is 0.357. The fraction of sp³-hybridized carbons (Fsp3) is 0.538. The van der Waals surface area contributed by atoms with Crippen molar-refractivity contribution in [1.29, 1.82) is 0 Å². The zero-order chi connectivity index (χ0) is 13.2. The Labute approximate surface area is 116 Å². The summed E-state index contributed by atoms with van der Waals surface area (Å²) in [7, 11) is 0. The first kappa shape index (κ1) is 12.6. The van der Waals surface area contributed by atoms with Crippen molar-refractivity contribution in [2.75, 3.05) is 26.2 Å². The topological polar surface area (TPSA) is 61.4 Å². The maximum Gasteiger partial charge on any atom is 0.248 e. The summed E-state index contributed by atoms with van der Waals surface area (Å²) in [5.41, 5.74) is 0. The van der Waals surface area contributed by atoms with Crippen molar-refractivity contribution in [3.63, 3.8) is 0 Å². The van der Waals surface area contributed by atoms with E-state index in [-0.39, 0.29) is 17.7 Å². The molecule has 19 heavy (non-hydrogen) atoms. The van der Waals surface area contributed by atoms with E-state index in [0.29, 0.717) is 13.1 Å². The number of carbonyl (C=O) groups excluding carboxylic acids is 2. The molecule has 102 valence electrons. The van der Waals surface area contributed by atoms with Gasteiger partial charge < -0.3 is 15.5 Å². The Kier molecular flexibility index (Phi) is 3.52. The summed E-state index contributed by atoms with van der Waals surface area (Å²) in [6, 6.07) is 3.40. The van der Waals surface area contributed by atoms with Crippen LogP contribution < -0.4 is 10.6 Å². The highest BCUT2D eigenvalue weighted by Gasteiger charge is 2.38. The number of hydrogen-bond acceptors (Lipinski definition) is 4. The summed E-state index contributed by atoms with van der Waals surface area (Å²) in [6.07, 6.45) is 0.869. The lowest BCUT2D eigenvalue weighted by molar-refractivity contribution is -0.146. The Morgan fingerprint density at radius 3 is 3.00 bits per heavy atom. The molecule has 2 atom stereocenters. The molecule has 6 heteroatoms. The van der Waals surface area contributed by atoms with Crippen molar-refractivity contribution in [3.05, 3.63) is 22.4 Å². The number of thiophene rings is 1. The van der Waals surface area contributed by atoms with Crippen molar-refractivity contribution in [2.45, 2.75) is 12.5 Å². The second-order valence-corrected chi connectivity index (χ2v) is 5.91. The average Bonchev–Trinajstić information content (AvgIpc) is 3.10. The van der Waals surface area contributed by atoms with Crippen LogP contribution in [-0.2, 0) is 9.59 Å². The lowest BCUT2D eigenvalue weighted by Crippen LogP contribution is -2.53. The predicted molar refractivity (Wildman–Crippen MR) is 72.8 cm³/mol. The van der Waals surface area contributed by atoms with Gasteiger partial charge in [-0.2, -0.15) is 0 Å². The Morgan fingerprint density at radius 2 is 2.32 bits per heavy atom. The van der Waals surface area contributed by atoms with Gasteiger partial charge in [0.15, 0.2) is 0 Å². The highest BCUT2D eigenvalue weighted by Crippen LogP contribution is 2.29. The summed E-state index contributed by atoms with van der Waals surface area (Å²) in [5.74, 6) is 0.0691. The summed E-state index contributed by atoms with van der Waals surface area (Å²) in [4.78, 5) is 27.4. The van der Waals surface area contributed by atoms with Gasteiger partial charge in [0.05, 0.1) is 5.92 Å². The molecule has 2 aliphatic rings. The van der Waals surface area contributed by atoms with Gasteiger partial charge in [0.1, 0.15) is 6.04 Å². The average molecular weight is 279 g/mol. The Morgan fingerprint density at radius 1 is 1.42 bits per heavy atom. The molecule has 0 radical (unpaired) electrons. The Balaban J connectivity index is 1.84. The molecule has 2 fully saturated rings. The molecule has 2 aliphatic heterocycles. The van der Waals surface area contributed by atoms with E-state index >= 15 is 0 Å². The quantitative estimate of drug-likeness (QED) is 0.821. The molecule has 1 aromatic rings. The lowest BCUT2D eigenvalue weighted by atomic mass is 10.0. The van der Waals surface area contributed by atoms with Crippen LogP contribution in [0.2, 0.25) is 0 Å². The number of nitrogens with zero attached hydrogens (tertiary/aromatic N) is 1. The second-order valence-electron chi connectivity index (χ2n) is 4.93. The summed E-state index contributed by atoms with van der Waals surface area (Å²) in [5, 5.41) is 8.00. The monoisotopic (exact) mass is 279 g/mol. The van der Waals surface area contributed by atoms with Crippen molar-refractivity contribution in [2.24, 2.45) is 5.92 Å². The molecule has 3 heterocycles. The molecule has 0 saturated carbocycles. The van der Waals surface area contributed by atoms with Gasteiger partial charge in [-0.05, 0) is 24.4 Å². The van der Waals surface area contributed by atoms with Crippen LogP contribution in [-0.4, -0.2) is 42.9 Å². The molecular weight excluding hydrogens is 262 g/mol. The molecular formula is C13H17N3O2S. The summed E-state index contributed by atoms with van der Waals surface area (Å²) in [6.45, 7) is 2.77. The van der Waals surface area contributed by atoms with Crippen LogP contribution in [0.3, 0.4) is 0 Å². The minimum atomic E-state index is -0.443. The molecule has 2 saturated heterocycles. The Hall–Kier alpha value is -1.40. The van der Waals surface area contributed by atoms with Crippen molar-refractivity contribution < 1.29 is 9.59 Å². The molecule has 0 aromatic carbocycles. The third-order valence-corrected chi connectivity index (χ3v) is 4.64. The standard InChI is InChI=1S/C13H17N3O2S/c17-12-11(10-2-1-7-19-10)16(6-5-15-12)13(18)9-3-4-14-8-9/h1-2,7,9,11,14H,3-6,8H2,(H,15,17). The molecule has 1 aromatic heterocycles. The van der Waals surface area contributed by atoms with E-state index in [1.165, 1.54) is 11.3 Å². The van der Waals surface area contributed by atoms with E-state index in [9.17, 15) is 9.59 Å². The minimum Gasteiger partial charge on any atom is -0.352 e. The first-order valence-corrected chi connectivity index (χ1v) is 7.47. The van der Waals surface area contributed by atoms with Crippen molar-refractivity contribution >= 4 is 23.2 Å². The number of piperazine rings is 1. The maximum absolute atomic E-state index is 12.6. The number of carbonyl (C=O) groups is 2. The molecule has 2 N–H and O–H groups in total. The Bertz CT molecular complexity index is 468. The second kappa shape index (κ2) is 5.30. The highest BCUT2D eigenvalue weighted by molar-refractivity contribution is 7.10. The third kappa shape index (κ3) is 2.37. The third-order valence-electron chi connectivity index (χ3n) is 3.72. The lowest BCUT2D eigenvalue weighted by Gasteiger charge is -2.36. The van der Waals surface area contributed by atoms with Gasteiger partial charge >= 0.3 is 0 Å². The minimum absolute atomic E-state index is 0.0216. The maximum atomic E-state index is 12.6. The van der Waals surface area contributed by atoms with Gasteiger partial charge in [-0.15, -0.1) is 11.3 Å². The molecule has 2 amide bonds. The number of nitrogens with one attached hydrogen (secondary N) is 2. The van der Waals surface area contributed by atoms with E-state index in [0.717, 1.165) is 24.4 Å². The van der Waals surface area contributed by atoms with Crippen molar-refractivity contribution in [3.8, 4) is 0 Å². The zero-order valence-corrected chi connectivity index (χ0v) is 11.4. The van der Waals surface area contributed by atoms with Gasteiger partial charge in [0.25, 0.3) is 0 Å². The fourth-order valence-corrected chi connectivity index (χ4v) is 3.57. The van der Waals surface area contributed by atoms with Crippen LogP contribution in [0.25, 0.3) is 0 Å². The van der Waals surface area contributed by atoms with Gasteiger partial charge in [0, 0.05) is 24.5 Å². The van der Waals surface area contributed by atoms with E-state index < -0.39 is 6.04 Å². The molecule has 0 aliphatic carbocycles. The fourth-order valence-electron chi connectivity index (χ4n) is 2.73. The van der Waals surface area contributed by atoms with Gasteiger partial charge in [-0.3, -0.25) is 9.59 Å². The molecule has 0 spiro atoms. The van der Waals surface area contributed by atoms with Crippen LogP contribution in [0.15, 0.2) is 17.5 Å². The largest absolute Gasteiger partial charge is 0.352 e. The number of rotatable bonds is 2. The number of amides is 2. The van der Waals surface area contributed by atoms with Crippen LogP contribution in [0.5, 0.6) is 0 Å². The first-order chi connectivity index (χ1) is 9.27. The molecule has 0 bridgehead atoms. The molecule has 2 unspecified atom stereocenters. The summed E-state index contributed by atoms with van der Waals surface area (Å²) < 4.78 is 0.